The topological polar surface area (TPSA) is 28.5 Å². The molecule has 0 bridgehead atoms. The Hall–Kier alpha value is -1.81. The van der Waals surface area contributed by atoms with Gasteiger partial charge in [-0.3, -0.25) is 9.69 Å². The molecule has 0 aliphatic carbocycles. The fraction of sp³-hybridized carbons (Fsp3) is 0.526. The number of benzene rings is 1. The van der Waals surface area contributed by atoms with Gasteiger partial charge in [-0.05, 0) is 38.4 Å². The van der Waals surface area contributed by atoms with Crippen molar-refractivity contribution >= 4 is 16.8 Å². The number of hydrogen-bond donors (Lipinski definition) is 0. The normalized spacial score (nSPS) is 19.7. The molecular formula is C19H27N3O. The molecule has 1 fully saturated rings. The van der Waals surface area contributed by atoms with Gasteiger partial charge in [-0.25, -0.2) is 0 Å². The van der Waals surface area contributed by atoms with Crippen LogP contribution < -0.4 is 0 Å². The van der Waals surface area contributed by atoms with Crippen LogP contribution in [0.3, 0.4) is 0 Å². The van der Waals surface area contributed by atoms with Gasteiger partial charge in [-0.2, -0.15) is 0 Å². The molecule has 0 radical (unpaired) electrons. The number of aromatic nitrogens is 1. The van der Waals surface area contributed by atoms with Gasteiger partial charge >= 0.3 is 0 Å². The van der Waals surface area contributed by atoms with E-state index in [2.05, 4.69) is 60.7 Å². The summed E-state index contributed by atoms with van der Waals surface area (Å²) in [5.41, 5.74) is 2.57. The monoisotopic (exact) mass is 313 g/mol. The number of likely N-dealkylation sites (N-methyl/N-ethyl adjacent to an activating group) is 2. The predicted octanol–water partition coefficient (Wildman–Crippen LogP) is 2.89. The van der Waals surface area contributed by atoms with Crippen LogP contribution in [0.2, 0.25) is 0 Å². The lowest BCUT2D eigenvalue weighted by atomic mass is 10.1. The van der Waals surface area contributed by atoms with Crippen molar-refractivity contribution < 1.29 is 4.79 Å². The minimum atomic E-state index is 0.0233. The number of para-hydroxylation sites is 1. The Bertz CT molecular complexity index is 691. The Balaban J connectivity index is 1.78. The van der Waals surface area contributed by atoms with E-state index < -0.39 is 0 Å². The van der Waals surface area contributed by atoms with E-state index in [-0.39, 0.29) is 6.04 Å². The van der Waals surface area contributed by atoms with E-state index in [1.807, 2.05) is 4.90 Å². The minimum absolute atomic E-state index is 0.0233. The molecule has 1 aliphatic rings. The number of hydrogen-bond acceptors (Lipinski definition) is 2. The number of nitrogens with zero attached hydrogens (tertiary/aromatic N) is 3. The molecule has 2 aromatic rings. The summed E-state index contributed by atoms with van der Waals surface area (Å²) in [6.07, 6.45) is 3.09. The van der Waals surface area contributed by atoms with E-state index in [4.69, 9.17) is 0 Å². The average molecular weight is 313 g/mol. The number of fused-ring (bicyclic) bond motifs is 1. The summed E-state index contributed by atoms with van der Waals surface area (Å²) >= 11 is 0. The highest BCUT2D eigenvalue weighted by molar-refractivity contribution is 5.84. The standard InChI is InChI=1S/C19H27N3O/c1-4-20-12-13-21(5-2)19(23)18(20)10-11-22-14-15(3)16-8-6-7-9-17(16)22/h6-9,14,18H,4-5,10-13H2,1-3H3. The first-order valence-corrected chi connectivity index (χ1v) is 8.73. The van der Waals surface area contributed by atoms with Gasteiger partial charge in [-0.1, -0.05) is 25.1 Å². The maximum atomic E-state index is 12.7. The van der Waals surface area contributed by atoms with Crippen LogP contribution in [0.25, 0.3) is 10.9 Å². The summed E-state index contributed by atoms with van der Waals surface area (Å²) in [7, 11) is 0. The van der Waals surface area contributed by atoms with E-state index in [9.17, 15) is 4.79 Å². The van der Waals surface area contributed by atoms with Crippen LogP contribution in [0.4, 0.5) is 0 Å². The molecule has 1 aromatic heterocycles. The quantitative estimate of drug-likeness (QED) is 0.849. The highest BCUT2D eigenvalue weighted by Crippen LogP contribution is 2.22. The van der Waals surface area contributed by atoms with Crippen LogP contribution in [0.5, 0.6) is 0 Å². The molecule has 124 valence electrons. The Morgan fingerprint density at radius 3 is 2.65 bits per heavy atom. The summed E-state index contributed by atoms with van der Waals surface area (Å²) in [6, 6.07) is 8.53. The van der Waals surface area contributed by atoms with Crippen molar-refractivity contribution in [1.82, 2.24) is 14.4 Å². The van der Waals surface area contributed by atoms with Gasteiger partial charge in [0.1, 0.15) is 0 Å². The van der Waals surface area contributed by atoms with E-state index in [0.717, 1.165) is 39.1 Å². The van der Waals surface area contributed by atoms with Gasteiger partial charge in [0, 0.05) is 43.3 Å². The molecule has 0 N–H and O–H groups in total. The molecular weight excluding hydrogens is 286 g/mol. The third-order valence-electron chi connectivity index (χ3n) is 5.11. The molecule has 4 heteroatoms. The first-order valence-electron chi connectivity index (χ1n) is 8.73. The molecule has 1 aromatic carbocycles. The van der Waals surface area contributed by atoms with E-state index in [0.29, 0.717) is 5.91 Å². The van der Waals surface area contributed by atoms with E-state index in [1.54, 1.807) is 0 Å². The van der Waals surface area contributed by atoms with Crippen molar-refractivity contribution in [1.29, 1.82) is 0 Å². The summed E-state index contributed by atoms with van der Waals surface area (Å²) in [5.74, 6) is 0.300. The lowest BCUT2D eigenvalue weighted by Crippen LogP contribution is -2.56. The van der Waals surface area contributed by atoms with Gasteiger partial charge in [0.25, 0.3) is 0 Å². The average Bonchev–Trinajstić information content (AvgIpc) is 2.90. The molecule has 2 heterocycles. The highest BCUT2D eigenvalue weighted by atomic mass is 16.2. The van der Waals surface area contributed by atoms with Gasteiger partial charge in [0.15, 0.2) is 0 Å². The minimum Gasteiger partial charge on any atom is -0.347 e. The van der Waals surface area contributed by atoms with Crippen LogP contribution in [-0.2, 0) is 11.3 Å². The van der Waals surface area contributed by atoms with Crippen molar-refractivity contribution in [2.75, 3.05) is 26.2 Å². The van der Waals surface area contributed by atoms with Crippen molar-refractivity contribution in [2.45, 2.75) is 39.8 Å². The van der Waals surface area contributed by atoms with Gasteiger partial charge in [0.2, 0.25) is 5.91 Å². The van der Waals surface area contributed by atoms with Crippen LogP contribution in [0.1, 0.15) is 25.8 Å². The number of rotatable bonds is 5. The van der Waals surface area contributed by atoms with Crippen LogP contribution in [0.15, 0.2) is 30.5 Å². The lowest BCUT2D eigenvalue weighted by Gasteiger charge is -2.40. The second-order valence-corrected chi connectivity index (χ2v) is 6.37. The second kappa shape index (κ2) is 6.75. The zero-order valence-corrected chi connectivity index (χ0v) is 14.5. The Labute approximate surface area is 138 Å². The van der Waals surface area contributed by atoms with Crippen LogP contribution >= 0.6 is 0 Å². The van der Waals surface area contributed by atoms with Crippen LogP contribution in [-0.4, -0.2) is 52.5 Å². The van der Waals surface area contributed by atoms with E-state index >= 15 is 0 Å². The number of carbonyl (C=O) groups excluding carboxylic acids is 1. The summed E-state index contributed by atoms with van der Waals surface area (Å²) in [5, 5.41) is 1.31. The number of aryl methyl sites for hydroxylation is 2. The Morgan fingerprint density at radius 2 is 1.91 bits per heavy atom. The first-order chi connectivity index (χ1) is 11.2. The van der Waals surface area contributed by atoms with Gasteiger partial charge in [0.05, 0.1) is 6.04 Å². The molecule has 23 heavy (non-hydrogen) atoms. The van der Waals surface area contributed by atoms with Gasteiger partial charge in [-0.15, -0.1) is 0 Å². The summed E-state index contributed by atoms with van der Waals surface area (Å²) in [6.45, 7) is 10.9. The fourth-order valence-corrected chi connectivity index (χ4v) is 3.76. The van der Waals surface area contributed by atoms with Crippen molar-refractivity contribution in [3.05, 3.63) is 36.0 Å². The highest BCUT2D eigenvalue weighted by Gasteiger charge is 2.32. The molecule has 1 unspecified atom stereocenters. The number of piperazine rings is 1. The van der Waals surface area contributed by atoms with Crippen molar-refractivity contribution in [2.24, 2.45) is 0 Å². The Kier molecular flexibility index (Phi) is 4.71. The first kappa shape index (κ1) is 16.1. The smallest absolute Gasteiger partial charge is 0.240 e. The summed E-state index contributed by atoms with van der Waals surface area (Å²) in [4.78, 5) is 17.0. The maximum absolute atomic E-state index is 12.7. The third kappa shape index (κ3) is 3.00. The van der Waals surface area contributed by atoms with Crippen LogP contribution in [0, 0.1) is 6.92 Å². The molecule has 0 spiro atoms. The lowest BCUT2D eigenvalue weighted by molar-refractivity contribution is -0.141. The molecule has 4 nitrogen and oxygen atoms in total. The molecule has 1 saturated heterocycles. The number of amides is 1. The SMILES string of the molecule is CCN1CCN(CC)C(CCn2cc(C)c3ccccc32)C1=O. The predicted molar refractivity (Wildman–Crippen MR) is 94.6 cm³/mol. The van der Waals surface area contributed by atoms with E-state index in [1.165, 1.54) is 16.5 Å². The second-order valence-electron chi connectivity index (χ2n) is 6.37. The summed E-state index contributed by atoms with van der Waals surface area (Å²) < 4.78 is 2.30. The largest absolute Gasteiger partial charge is 0.347 e. The maximum Gasteiger partial charge on any atom is 0.240 e. The van der Waals surface area contributed by atoms with Crippen molar-refractivity contribution in [3.8, 4) is 0 Å². The third-order valence-corrected chi connectivity index (χ3v) is 5.11. The zero-order valence-electron chi connectivity index (χ0n) is 14.5. The molecule has 1 aliphatic heterocycles. The molecule has 1 amide bonds. The molecule has 0 saturated carbocycles. The number of carbonyl (C=O) groups is 1. The fourth-order valence-electron chi connectivity index (χ4n) is 3.76. The zero-order chi connectivity index (χ0) is 16.4. The Morgan fingerprint density at radius 1 is 1.13 bits per heavy atom. The molecule has 1 atom stereocenters. The van der Waals surface area contributed by atoms with Gasteiger partial charge < -0.3 is 9.47 Å². The van der Waals surface area contributed by atoms with Crippen molar-refractivity contribution in [3.63, 3.8) is 0 Å². The molecule has 3 rings (SSSR count).